The van der Waals surface area contributed by atoms with Gasteiger partial charge in [0.25, 0.3) is 0 Å². The van der Waals surface area contributed by atoms with Crippen molar-refractivity contribution < 1.29 is 4.74 Å². The van der Waals surface area contributed by atoms with E-state index in [0.29, 0.717) is 11.8 Å². The first-order valence-electron chi connectivity index (χ1n) is 5.51. The van der Waals surface area contributed by atoms with Gasteiger partial charge < -0.3 is 10.5 Å². The molecule has 0 saturated heterocycles. The Balaban J connectivity index is 2.00. The molecule has 78 valence electrons. The number of allylic oxidation sites excluding steroid dienone is 6. The molecule has 2 N–H and O–H groups in total. The fraction of sp³-hybridized carbons (Fsp3) is 0.385. The van der Waals surface area contributed by atoms with E-state index in [1.54, 1.807) is 0 Å². The van der Waals surface area contributed by atoms with Gasteiger partial charge in [0.15, 0.2) is 0 Å². The highest BCUT2D eigenvalue weighted by Crippen LogP contribution is 2.44. The summed E-state index contributed by atoms with van der Waals surface area (Å²) in [6, 6.07) is 0. The van der Waals surface area contributed by atoms with Crippen LogP contribution >= 0.6 is 0 Å². The van der Waals surface area contributed by atoms with E-state index in [2.05, 4.69) is 25.2 Å². The molecule has 2 nitrogen and oxygen atoms in total. The maximum Gasteiger partial charge on any atom is 0.114 e. The van der Waals surface area contributed by atoms with Crippen LogP contribution in [0.15, 0.2) is 47.1 Å². The predicted molar refractivity (Wildman–Crippen MR) is 59.5 cm³/mol. The number of rotatable bonds is 0. The Morgan fingerprint density at radius 3 is 3.13 bits per heavy atom. The molecule has 0 amide bonds. The zero-order valence-corrected chi connectivity index (χ0v) is 8.86. The monoisotopic (exact) mass is 201 g/mol. The Morgan fingerprint density at radius 2 is 2.27 bits per heavy atom. The van der Waals surface area contributed by atoms with Crippen LogP contribution < -0.4 is 5.73 Å². The lowest BCUT2D eigenvalue weighted by Crippen LogP contribution is -2.09. The van der Waals surface area contributed by atoms with Gasteiger partial charge in [0.05, 0.1) is 0 Å². The van der Waals surface area contributed by atoms with Crippen molar-refractivity contribution in [2.75, 3.05) is 0 Å². The second-order valence-corrected chi connectivity index (χ2v) is 4.50. The molecular weight excluding hydrogens is 186 g/mol. The molecule has 2 atom stereocenters. The molecule has 2 aliphatic carbocycles. The fourth-order valence-corrected chi connectivity index (χ4v) is 2.52. The van der Waals surface area contributed by atoms with Gasteiger partial charge in [-0.15, -0.1) is 0 Å². The van der Waals surface area contributed by atoms with Crippen LogP contribution in [-0.2, 0) is 4.74 Å². The Morgan fingerprint density at radius 1 is 1.40 bits per heavy atom. The molecule has 15 heavy (non-hydrogen) atoms. The van der Waals surface area contributed by atoms with Gasteiger partial charge >= 0.3 is 0 Å². The SMILES string of the molecule is CC1CC=CC2=C1OC1=CC(N)=CC[C@H]12. The van der Waals surface area contributed by atoms with Gasteiger partial charge in [-0.25, -0.2) is 0 Å². The van der Waals surface area contributed by atoms with Crippen LogP contribution in [-0.4, -0.2) is 0 Å². The fourth-order valence-electron chi connectivity index (χ4n) is 2.52. The van der Waals surface area contributed by atoms with Crippen molar-refractivity contribution in [1.29, 1.82) is 0 Å². The Hall–Kier alpha value is -1.44. The molecule has 3 rings (SSSR count). The Kier molecular flexibility index (Phi) is 1.78. The lowest BCUT2D eigenvalue weighted by molar-refractivity contribution is 0.263. The molecule has 1 unspecified atom stereocenters. The standard InChI is InChI=1S/C13H15NO/c1-8-3-2-4-11-10-6-5-9(14)7-12(10)15-13(8)11/h2,4-5,7-8,10H,3,6,14H2,1H3/t8?,10-/m0/s1. The molecule has 1 aliphatic heterocycles. The van der Waals surface area contributed by atoms with Gasteiger partial charge in [0.1, 0.15) is 11.5 Å². The largest absolute Gasteiger partial charge is 0.465 e. The third-order valence-electron chi connectivity index (χ3n) is 3.36. The highest BCUT2D eigenvalue weighted by Gasteiger charge is 2.35. The average Bonchev–Trinajstić information content (AvgIpc) is 2.57. The second-order valence-electron chi connectivity index (χ2n) is 4.50. The van der Waals surface area contributed by atoms with E-state index in [0.717, 1.165) is 30.1 Å². The van der Waals surface area contributed by atoms with E-state index >= 15 is 0 Å². The van der Waals surface area contributed by atoms with Crippen molar-refractivity contribution in [2.45, 2.75) is 19.8 Å². The van der Waals surface area contributed by atoms with Gasteiger partial charge in [-0.2, -0.15) is 0 Å². The topological polar surface area (TPSA) is 35.2 Å². The zero-order valence-electron chi connectivity index (χ0n) is 8.86. The van der Waals surface area contributed by atoms with Crippen molar-refractivity contribution in [3.8, 4) is 0 Å². The number of nitrogens with two attached hydrogens (primary N) is 1. The normalized spacial score (nSPS) is 32.9. The molecule has 0 saturated carbocycles. The summed E-state index contributed by atoms with van der Waals surface area (Å²) < 4.78 is 5.92. The van der Waals surface area contributed by atoms with Gasteiger partial charge in [0.2, 0.25) is 0 Å². The summed E-state index contributed by atoms with van der Waals surface area (Å²) >= 11 is 0. The molecule has 1 heterocycles. The number of hydrogen-bond acceptors (Lipinski definition) is 2. The molecule has 0 fully saturated rings. The van der Waals surface area contributed by atoms with Crippen LogP contribution in [0.2, 0.25) is 0 Å². The number of ether oxygens (including phenoxy) is 1. The zero-order chi connectivity index (χ0) is 10.4. The third kappa shape index (κ3) is 1.24. The Bertz CT molecular complexity index is 426. The smallest absolute Gasteiger partial charge is 0.114 e. The van der Waals surface area contributed by atoms with E-state index in [4.69, 9.17) is 10.5 Å². The quantitative estimate of drug-likeness (QED) is 0.654. The summed E-state index contributed by atoms with van der Waals surface area (Å²) in [5.41, 5.74) is 7.98. The molecule has 3 aliphatic rings. The van der Waals surface area contributed by atoms with E-state index < -0.39 is 0 Å². The van der Waals surface area contributed by atoms with E-state index in [1.165, 1.54) is 5.57 Å². The molecule has 0 aromatic heterocycles. The van der Waals surface area contributed by atoms with E-state index in [1.807, 2.05) is 6.08 Å². The summed E-state index contributed by atoms with van der Waals surface area (Å²) in [6.45, 7) is 2.22. The summed E-state index contributed by atoms with van der Waals surface area (Å²) in [5.74, 6) is 3.14. The molecule has 0 aromatic carbocycles. The number of hydrogen-bond donors (Lipinski definition) is 1. The lowest BCUT2D eigenvalue weighted by Gasteiger charge is -2.15. The van der Waals surface area contributed by atoms with Crippen molar-refractivity contribution in [3.63, 3.8) is 0 Å². The third-order valence-corrected chi connectivity index (χ3v) is 3.36. The van der Waals surface area contributed by atoms with Gasteiger partial charge in [-0.1, -0.05) is 25.2 Å². The average molecular weight is 201 g/mol. The highest BCUT2D eigenvalue weighted by atomic mass is 16.5. The van der Waals surface area contributed by atoms with Crippen molar-refractivity contribution in [2.24, 2.45) is 17.6 Å². The van der Waals surface area contributed by atoms with Crippen LogP contribution in [0.1, 0.15) is 19.8 Å². The summed E-state index contributed by atoms with van der Waals surface area (Å²) in [6.07, 6.45) is 10.6. The van der Waals surface area contributed by atoms with E-state index in [-0.39, 0.29) is 0 Å². The second kappa shape index (κ2) is 3.02. The number of fused-ring (bicyclic) bond motifs is 2. The minimum absolute atomic E-state index is 0.422. The van der Waals surface area contributed by atoms with Crippen LogP contribution in [0.4, 0.5) is 0 Å². The summed E-state index contributed by atoms with van der Waals surface area (Å²) in [4.78, 5) is 0. The maximum absolute atomic E-state index is 5.92. The molecular formula is C13H15NO. The van der Waals surface area contributed by atoms with Crippen molar-refractivity contribution in [1.82, 2.24) is 0 Å². The minimum atomic E-state index is 0.422. The molecule has 0 spiro atoms. The van der Waals surface area contributed by atoms with Crippen LogP contribution in [0.25, 0.3) is 0 Å². The predicted octanol–water partition coefficient (Wildman–Crippen LogP) is 2.61. The van der Waals surface area contributed by atoms with Crippen LogP contribution in [0.3, 0.4) is 0 Å². The first kappa shape index (κ1) is 8.84. The molecule has 0 bridgehead atoms. The lowest BCUT2D eigenvalue weighted by atomic mass is 9.86. The molecule has 0 radical (unpaired) electrons. The summed E-state index contributed by atoms with van der Waals surface area (Å²) in [5, 5.41) is 0. The first-order valence-corrected chi connectivity index (χ1v) is 5.51. The van der Waals surface area contributed by atoms with Gasteiger partial charge in [0, 0.05) is 23.1 Å². The summed E-state index contributed by atoms with van der Waals surface area (Å²) in [7, 11) is 0. The maximum atomic E-state index is 5.92. The van der Waals surface area contributed by atoms with Crippen LogP contribution in [0.5, 0.6) is 0 Å². The van der Waals surface area contributed by atoms with Crippen molar-refractivity contribution in [3.05, 3.63) is 47.1 Å². The first-order chi connectivity index (χ1) is 7.25. The van der Waals surface area contributed by atoms with Gasteiger partial charge in [-0.3, -0.25) is 0 Å². The van der Waals surface area contributed by atoms with Gasteiger partial charge in [-0.05, 0) is 18.9 Å². The minimum Gasteiger partial charge on any atom is -0.465 e. The Labute approximate surface area is 89.8 Å². The molecule has 2 heteroatoms. The molecule has 0 aromatic rings. The highest BCUT2D eigenvalue weighted by molar-refractivity contribution is 5.43. The van der Waals surface area contributed by atoms with E-state index in [9.17, 15) is 0 Å². The van der Waals surface area contributed by atoms with Crippen LogP contribution in [0, 0.1) is 11.8 Å². The van der Waals surface area contributed by atoms with Crippen molar-refractivity contribution >= 4 is 0 Å².